The molecule has 0 saturated heterocycles. The first-order valence-corrected chi connectivity index (χ1v) is 5.05. The minimum Gasteiger partial charge on any atom is -0.479 e. The van der Waals surface area contributed by atoms with Crippen molar-refractivity contribution in [2.24, 2.45) is 0 Å². The standard InChI is InChI=1S/C10H11NO2S/c1-6-10(12)11-8-3-2-7(5-14)4-9(8)13-6/h2-4,6,14H,5H2,1H3,(H,11,12). The number of amides is 1. The van der Waals surface area contributed by atoms with Gasteiger partial charge in [-0.2, -0.15) is 12.6 Å². The predicted octanol–water partition coefficient (Wildman–Crippen LogP) is 1.84. The van der Waals surface area contributed by atoms with Gasteiger partial charge in [-0.1, -0.05) is 6.07 Å². The van der Waals surface area contributed by atoms with Crippen LogP contribution in [0.4, 0.5) is 5.69 Å². The van der Waals surface area contributed by atoms with Gasteiger partial charge >= 0.3 is 0 Å². The van der Waals surface area contributed by atoms with Crippen LogP contribution in [0.2, 0.25) is 0 Å². The van der Waals surface area contributed by atoms with E-state index in [0.717, 1.165) is 17.0 Å². The zero-order chi connectivity index (χ0) is 10.1. The average molecular weight is 209 g/mol. The quantitative estimate of drug-likeness (QED) is 0.693. The van der Waals surface area contributed by atoms with Crippen LogP contribution in [0.1, 0.15) is 12.5 Å². The van der Waals surface area contributed by atoms with Gasteiger partial charge in [0.2, 0.25) is 0 Å². The van der Waals surface area contributed by atoms with Gasteiger partial charge in [0, 0.05) is 5.75 Å². The van der Waals surface area contributed by atoms with Gasteiger partial charge in [0.15, 0.2) is 6.10 Å². The Hall–Kier alpha value is -1.16. The van der Waals surface area contributed by atoms with Crippen LogP contribution in [-0.2, 0) is 10.5 Å². The number of carbonyl (C=O) groups is 1. The van der Waals surface area contributed by atoms with Crippen LogP contribution in [0.3, 0.4) is 0 Å². The molecule has 1 amide bonds. The largest absolute Gasteiger partial charge is 0.479 e. The fraction of sp³-hybridized carbons (Fsp3) is 0.300. The monoisotopic (exact) mass is 209 g/mol. The van der Waals surface area contributed by atoms with E-state index in [1.807, 2.05) is 18.2 Å². The summed E-state index contributed by atoms with van der Waals surface area (Å²) in [6.45, 7) is 1.73. The summed E-state index contributed by atoms with van der Waals surface area (Å²) in [6.07, 6.45) is -0.419. The first-order chi connectivity index (χ1) is 6.70. The fourth-order valence-electron chi connectivity index (χ4n) is 1.34. The molecule has 74 valence electrons. The lowest BCUT2D eigenvalue weighted by Crippen LogP contribution is -2.34. The fourth-order valence-corrected chi connectivity index (χ4v) is 1.54. The highest BCUT2D eigenvalue weighted by Crippen LogP contribution is 2.30. The van der Waals surface area contributed by atoms with Crippen LogP contribution >= 0.6 is 12.6 Å². The zero-order valence-electron chi connectivity index (χ0n) is 7.78. The molecule has 0 radical (unpaired) electrons. The summed E-state index contributed by atoms with van der Waals surface area (Å²) in [5.41, 5.74) is 1.81. The Kier molecular flexibility index (Phi) is 2.37. The molecule has 0 saturated carbocycles. The molecule has 0 aromatic heterocycles. The van der Waals surface area contributed by atoms with Crippen LogP contribution in [0.5, 0.6) is 5.75 Å². The van der Waals surface area contributed by atoms with E-state index in [0.29, 0.717) is 5.75 Å². The first-order valence-electron chi connectivity index (χ1n) is 4.42. The highest BCUT2D eigenvalue weighted by Gasteiger charge is 2.23. The van der Waals surface area contributed by atoms with Crippen LogP contribution in [0, 0.1) is 0 Å². The summed E-state index contributed by atoms with van der Waals surface area (Å²) in [4.78, 5) is 11.3. The van der Waals surface area contributed by atoms with Crippen LogP contribution < -0.4 is 10.1 Å². The van der Waals surface area contributed by atoms with Crippen molar-refractivity contribution < 1.29 is 9.53 Å². The van der Waals surface area contributed by atoms with Crippen molar-refractivity contribution in [3.05, 3.63) is 23.8 Å². The number of benzene rings is 1. The van der Waals surface area contributed by atoms with E-state index in [4.69, 9.17) is 4.74 Å². The summed E-state index contributed by atoms with van der Waals surface area (Å²) in [5, 5.41) is 2.77. The van der Waals surface area contributed by atoms with E-state index in [2.05, 4.69) is 17.9 Å². The predicted molar refractivity (Wildman–Crippen MR) is 57.9 cm³/mol. The SMILES string of the molecule is CC1Oc2cc(CS)ccc2NC1=O. The molecule has 1 aromatic carbocycles. The number of hydrogen-bond donors (Lipinski definition) is 2. The van der Waals surface area contributed by atoms with Gasteiger partial charge in [-0.25, -0.2) is 0 Å². The number of fused-ring (bicyclic) bond motifs is 1. The molecular weight excluding hydrogens is 198 g/mol. The van der Waals surface area contributed by atoms with Crippen molar-refractivity contribution in [2.45, 2.75) is 18.8 Å². The summed E-state index contributed by atoms with van der Waals surface area (Å²) >= 11 is 4.18. The number of thiol groups is 1. The highest BCUT2D eigenvalue weighted by atomic mass is 32.1. The molecule has 2 rings (SSSR count). The Labute approximate surface area is 87.9 Å². The number of carbonyl (C=O) groups excluding carboxylic acids is 1. The van der Waals surface area contributed by atoms with Gasteiger partial charge in [0.25, 0.3) is 5.91 Å². The number of hydrogen-bond acceptors (Lipinski definition) is 3. The molecule has 1 N–H and O–H groups in total. The van der Waals surface area contributed by atoms with Crippen molar-refractivity contribution in [2.75, 3.05) is 5.32 Å². The number of ether oxygens (including phenoxy) is 1. The molecule has 1 unspecified atom stereocenters. The van der Waals surface area contributed by atoms with Gasteiger partial charge in [-0.3, -0.25) is 4.79 Å². The molecule has 1 aromatic rings. The zero-order valence-corrected chi connectivity index (χ0v) is 8.67. The highest BCUT2D eigenvalue weighted by molar-refractivity contribution is 7.79. The number of anilines is 1. The summed E-state index contributed by atoms with van der Waals surface area (Å²) in [5.74, 6) is 1.29. The Bertz CT molecular complexity index is 378. The topological polar surface area (TPSA) is 38.3 Å². The molecule has 14 heavy (non-hydrogen) atoms. The first kappa shape index (κ1) is 9.40. The third kappa shape index (κ3) is 1.57. The van der Waals surface area contributed by atoms with Gasteiger partial charge in [0.05, 0.1) is 5.69 Å². The second-order valence-corrected chi connectivity index (χ2v) is 3.55. The summed E-state index contributed by atoms with van der Waals surface area (Å²) in [7, 11) is 0. The second kappa shape index (κ2) is 3.53. The smallest absolute Gasteiger partial charge is 0.265 e. The Morgan fingerprint density at radius 3 is 3.07 bits per heavy atom. The minimum atomic E-state index is -0.419. The van der Waals surface area contributed by atoms with Crippen LogP contribution in [-0.4, -0.2) is 12.0 Å². The molecule has 0 bridgehead atoms. The van der Waals surface area contributed by atoms with E-state index in [1.165, 1.54) is 0 Å². The maximum Gasteiger partial charge on any atom is 0.265 e. The van der Waals surface area contributed by atoms with Crippen molar-refractivity contribution in [3.8, 4) is 5.75 Å². The molecule has 1 heterocycles. The van der Waals surface area contributed by atoms with E-state index in [1.54, 1.807) is 6.92 Å². The maximum absolute atomic E-state index is 11.3. The molecule has 0 fully saturated rings. The molecule has 1 aliphatic heterocycles. The number of nitrogens with one attached hydrogen (secondary N) is 1. The Morgan fingerprint density at radius 1 is 1.57 bits per heavy atom. The normalized spacial score (nSPS) is 19.6. The van der Waals surface area contributed by atoms with E-state index in [-0.39, 0.29) is 5.91 Å². The molecule has 1 atom stereocenters. The van der Waals surface area contributed by atoms with E-state index in [9.17, 15) is 4.79 Å². The Morgan fingerprint density at radius 2 is 2.36 bits per heavy atom. The van der Waals surface area contributed by atoms with E-state index >= 15 is 0 Å². The summed E-state index contributed by atoms with van der Waals surface area (Å²) < 4.78 is 5.44. The molecule has 1 aliphatic rings. The molecule has 0 aliphatic carbocycles. The molecule has 0 spiro atoms. The summed E-state index contributed by atoms with van der Waals surface area (Å²) in [6, 6.07) is 5.66. The van der Waals surface area contributed by atoms with Crippen LogP contribution in [0.15, 0.2) is 18.2 Å². The van der Waals surface area contributed by atoms with Crippen molar-refractivity contribution in [3.63, 3.8) is 0 Å². The van der Waals surface area contributed by atoms with Crippen LogP contribution in [0.25, 0.3) is 0 Å². The van der Waals surface area contributed by atoms with Gasteiger partial charge in [-0.05, 0) is 24.6 Å². The lowest BCUT2D eigenvalue weighted by molar-refractivity contribution is -0.122. The molecule has 3 nitrogen and oxygen atoms in total. The van der Waals surface area contributed by atoms with Crippen molar-refractivity contribution in [1.82, 2.24) is 0 Å². The minimum absolute atomic E-state index is 0.101. The van der Waals surface area contributed by atoms with Crippen molar-refractivity contribution in [1.29, 1.82) is 0 Å². The lowest BCUT2D eigenvalue weighted by atomic mass is 10.1. The third-order valence-electron chi connectivity index (χ3n) is 2.16. The van der Waals surface area contributed by atoms with E-state index < -0.39 is 6.10 Å². The third-order valence-corrected chi connectivity index (χ3v) is 2.52. The van der Waals surface area contributed by atoms with Gasteiger partial charge < -0.3 is 10.1 Å². The number of rotatable bonds is 1. The maximum atomic E-state index is 11.3. The molecular formula is C10H11NO2S. The molecule has 4 heteroatoms. The second-order valence-electron chi connectivity index (χ2n) is 3.24. The van der Waals surface area contributed by atoms with Crippen molar-refractivity contribution >= 4 is 24.2 Å². The lowest BCUT2D eigenvalue weighted by Gasteiger charge is -2.23. The van der Waals surface area contributed by atoms with Gasteiger partial charge in [-0.15, -0.1) is 0 Å². The average Bonchev–Trinajstić information content (AvgIpc) is 2.19. The van der Waals surface area contributed by atoms with Gasteiger partial charge in [0.1, 0.15) is 5.75 Å². The Balaban J connectivity index is 2.37.